The van der Waals surface area contributed by atoms with E-state index in [4.69, 9.17) is 0 Å². The van der Waals surface area contributed by atoms with Gasteiger partial charge in [0, 0.05) is 4.83 Å². The van der Waals surface area contributed by atoms with E-state index in [0.29, 0.717) is 4.83 Å². The van der Waals surface area contributed by atoms with E-state index in [0.717, 1.165) is 29.7 Å². The van der Waals surface area contributed by atoms with Crippen LogP contribution in [0, 0.1) is 23.6 Å². The van der Waals surface area contributed by atoms with E-state index in [9.17, 15) is 4.39 Å². The summed E-state index contributed by atoms with van der Waals surface area (Å²) in [5, 5.41) is 0. The molecular formula is C15H18BrF. The summed E-state index contributed by atoms with van der Waals surface area (Å²) in [5.41, 5.74) is 0.859. The molecule has 1 aromatic carbocycles. The summed E-state index contributed by atoms with van der Waals surface area (Å²) in [6, 6.07) is 7.17. The predicted octanol–water partition coefficient (Wildman–Crippen LogP) is 4.57. The van der Waals surface area contributed by atoms with Gasteiger partial charge in [-0.1, -0.05) is 47.0 Å². The third kappa shape index (κ3) is 2.29. The molecule has 0 nitrogen and oxygen atoms in total. The second-order valence-corrected chi connectivity index (χ2v) is 6.68. The summed E-state index contributed by atoms with van der Waals surface area (Å²) >= 11 is 3.80. The smallest absolute Gasteiger partial charge is 0.126 e. The van der Waals surface area contributed by atoms with E-state index in [1.54, 1.807) is 12.1 Å². The highest BCUT2D eigenvalue weighted by Gasteiger charge is 2.53. The van der Waals surface area contributed by atoms with Crippen molar-refractivity contribution in [3.05, 3.63) is 35.6 Å². The zero-order chi connectivity index (χ0) is 11.8. The molecule has 0 heterocycles. The number of hydrogen-bond acceptors (Lipinski definition) is 0. The fourth-order valence-electron chi connectivity index (χ4n) is 3.59. The Bertz CT molecular complexity index is 392. The third-order valence-electron chi connectivity index (χ3n) is 4.51. The molecule has 0 aliphatic heterocycles. The van der Waals surface area contributed by atoms with Gasteiger partial charge >= 0.3 is 0 Å². The molecule has 2 aliphatic rings. The van der Waals surface area contributed by atoms with Gasteiger partial charge in [-0.15, -0.1) is 0 Å². The van der Waals surface area contributed by atoms with E-state index in [1.165, 1.54) is 25.7 Å². The highest BCUT2D eigenvalue weighted by atomic mass is 79.9. The molecule has 0 spiro atoms. The normalized spacial score (nSPS) is 32.9. The summed E-state index contributed by atoms with van der Waals surface area (Å²) in [7, 11) is 0. The highest BCUT2D eigenvalue weighted by Crippen LogP contribution is 2.58. The maximum atomic E-state index is 13.6. The van der Waals surface area contributed by atoms with E-state index in [-0.39, 0.29) is 5.82 Å². The highest BCUT2D eigenvalue weighted by molar-refractivity contribution is 9.09. The van der Waals surface area contributed by atoms with E-state index in [2.05, 4.69) is 15.9 Å². The average molecular weight is 297 g/mol. The summed E-state index contributed by atoms with van der Waals surface area (Å²) in [5.74, 6) is 2.61. The molecule has 0 radical (unpaired) electrons. The van der Waals surface area contributed by atoms with Gasteiger partial charge in [-0.05, 0) is 48.6 Å². The number of rotatable bonds is 3. The minimum absolute atomic E-state index is 0.0550. The Kier molecular flexibility index (Phi) is 3.25. The van der Waals surface area contributed by atoms with Gasteiger partial charge in [-0.3, -0.25) is 0 Å². The molecule has 3 atom stereocenters. The molecule has 2 fully saturated rings. The van der Waals surface area contributed by atoms with Gasteiger partial charge in [-0.2, -0.15) is 0 Å². The molecular weight excluding hydrogens is 279 g/mol. The van der Waals surface area contributed by atoms with Gasteiger partial charge < -0.3 is 0 Å². The average Bonchev–Trinajstić information content (AvgIpc) is 3.06. The number of hydrogen-bond donors (Lipinski definition) is 0. The van der Waals surface area contributed by atoms with Gasteiger partial charge in [0.1, 0.15) is 5.82 Å². The van der Waals surface area contributed by atoms with Crippen molar-refractivity contribution in [2.24, 2.45) is 17.8 Å². The lowest BCUT2D eigenvalue weighted by atomic mass is 10.0. The molecule has 0 amide bonds. The SMILES string of the molecule is Fc1ccccc1CC(Br)C1C2CCCCC21. The molecule has 2 aliphatic carbocycles. The molecule has 1 aromatic rings. The van der Waals surface area contributed by atoms with Crippen molar-refractivity contribution in [3.63, 3.8) is 0 Å². The first-order valence-corrected chi connectivity index (χ1v) is 7.56. The van der Waals surface area contributed by atoms with Crippen LogP contribution in [0.1, 0.15) is 31.2 Å². The van der Waals surface area contributed by atoms with Crippen LogP contribution in [0.15, 0.2) is 24.3 Å². The van der Waals surface area contributed by atoms with Gasteiger partial charge in [0.15, 0.2) is 0 Å². The largest absolute Gasteiger partial charge is 0.207 e. The maximum Gasteiger partial charge on any atom is 0.126 e. The van der Waals surface area contributed by atoms with Crippen molar-refractivity contribution >= 4 is 15.9 Å². The van der Waals surface area contributed by atoms with Crippen LogP contribution < -0.4 is 0 Å². The predicted molar refractivity (Wildman–Crippen MR) is 71.8 cm³/mol. The molecule has 3 unspecified atom stereocenters. The van der Waals surface area contributed by atoms with E-state index >= 15 is 0 Å². The lowest BCUT2D eigenvalue weighted by Crippen LogP contribution is -2.09. The third-order valence-corrected chi connectivity index (χ3v) is 5.45. The van der Waals surface area contributed by atoms with Gasteiger partial charge in [0.05, 0.1) is 0 Å². The van der Waals surface area contributed by atoms with Crippen molar-refractivity contribution in [3.8, 4) is 0 Å². The van der Waals surface area contributed by atoms with Crippen LogP contribution >= 0.6 is 15.9 Å². The van der Waals surface area contributed by atoms with Gasteiger partial charge in [0.25, 0.3) is 0 Å². The van der Waals surface area contributed by atoms with Crippen LogP contribution in [0.3, 0.4) is 0 Å². The van der Waals surface area contributed by atoms with Crippen LogP contribution in [0.25, 0.3) is 0 Å². The second kappa shape index (κ2) is 4.72. The van der Waals surface area contributed by atoms with E-state index < -0.39 is 0 Å². The Hall–Kier alpha value is -0.370. The lowest BCUT2D eigenvalue weighted by molar-refractivity contribution is 0.480. The van der Waals surface area contributed by atoms with Crippen molar-refractivity contribution in [1.29, 1.82) is 0 Å². The molecule has 3 rings (SSSR count). The second-order valence-electron chi connectivity index (χ2n) is 5.50. The van der Waals surface area contributed by atoms with Crippen LogP contribution in [0.2, 0.25) is 0 Å². The standard InChI is InChI=1S/C15H18BrF/c16-13(9-10-5-1-4-8-14(10)17)15-11-6-2-3-7-12(11)15/h1,4-5,8,11-13,15H,2-3,6-7,9H2. The fourth-order valence-corrected chi connectivity index (χ4v) is 4.73. The minimum atomic E-state index is -0.0550. The number of benzene rings is 1. The zero-order valence-corrected chi connectivity index (χ0v) is 11.5. The topological polar surface area (TPSA) is 0 Å². The quantitative estimate of drug-likeness (QED) is 0.717. The number of alkyl halides is 1. The molecule has 2 heteroatoms. The Morgan fingerprint density at radius 1 is 1.18 bits per heavy atom. The number of fused-ring (bicyclic) bond motifs is 1. The molecule has 0 bridgehead atoms. The summed E-state index contributed by atoms with van der Waals surface area (Å²) < 4.78 is 13.6. The Morgan fingerprint density at radius 2 is 1.82 bits per heavy atom. The Morgan fingerprint density at radius 3 is 2.47 bits per heavy atom. The first-order chi connectivity index (χ1) is 8.27. The summed E-state index contributed by atoms with van der Waals surface area (Å²) in [6.45, 7) is 0. The van der Waals surface area contributed by atoms with Gasteiger partial charge in [0.2, 0.25) is 0 Å². The minimum Gasteiger partial charge on any atom is -0.207 e. The molecule has 17 heavy (non-hydrogen) atoms. The zero-order valence-electron chi connectivity index (χ0n) is 9.91. The maximum absolute atomic E-state index is 13.6. The summed E-state index contributed by atoms with van der Waals surface area (Å²) in [4.78, 5) is 0.465. The molecule has 92 valence electrons. The van der Waals surface area contributed by atoms with Crippen molar-refractivity contribution in [2.45, 2.75) is 36.9 Å². The molecule has 0 aromatic heterocycles. The fraction of sp³-hybridized carbons (Fsp3) is 0.600. The Balaban J connectivity index is 1.64. The van der Waals surface area contributed by atoms with Crippen LogP contribution in [-0.4, -0.2) is 4.83 Å². The lowest BCUT2D eigenvalue weighted by Gasteiger charge is -2.10. The monoisotopic (exact) mass is 296 g/mol. The van der Waals surface area contributed by atoms with Crippen molar-refractivity contribution < 1.29 is 4.39 Å². The van der Waals surface area contributed by atoms with Gasteiger partial charge in [-0.25, -0.2) is 4.39 Å². The molecule has 2 saturated carbocycles. The van der Waals surface area contributed by atoms with E-state index in [1.807, 2.05) is 12.1 Å². The number of halogens is 2. The van der Waals surface area contributed by atoms with Crippen LogP contribution in [0.4, 0.5) is 4.39 Å². The first kappa shape index (κ1) is 11.7. The first-order valence-electron chi connectivity index (χ1n) is 6.65. The van der Waals surface area contributed by atoms with Crippen LogP contribution in [0.5, 0.6) is 0 Å². The molecule has 0 saturated heterocycles. The van der Waals surface area contributed by atoms with Crippen LogP contribution in [-0.2, 0) is 6.42 Å². The molecule has 0 N–H and O–H groups in total. The Labute approximate surface area is 111 Å². The summed E-state index contributed by atoms with van der Waals surface area (Å²) in [6.07, 6.45) is 6.43. The van der Waals surface area contributed by atoms with Crippen molar-refractivity contribution in [2.75, 3.05) is 0 Å². The van der Waals surface area contributed by atoms with Crippen molar-refractivity contribution in [1.82, 2.24) is 0 Å².